The standard InChI is InChI=1S/C32H58O6/c1-2-3-4-5-6-7-8-9-15-20-25-36-31(35)24-19-12-10-11-16-21-27(29-26-37-29)32-28(38-32)22-17-13-14-18-23-30(33)34/h27-29,32H,2-26H2,1H3,(H,33,34). The number of unbranched alkanes of at least 4 members (excludes halogenated alkanes) is 16. The molecule has 0 radical (unpaired) electrons. The van der Waals surface area contributed by atoms with Crippen molar-refractivity contribution < 1.29 is 28.9 Å². The van der Waals surface area contributed by atoms with Gasteiger partial charge >= 0.3 is 11.9 Å². The normalized spacial score (nSPS) is 20.8. The van der Waals surface area contributed by atoms with Gasteiger partial charge in [-0.3, -0.25) is 9.59 Å². The average molecular weight is 539 g/mol. The third-order valence-electron chi connectivity index (χ3n) is 8.19. The molecule has 6 heteroatoms. The lowest BCUT2D eigenvalue weighted by Crippen LogP contribution is -2.17. The van der Waals surface area contributed by atoms with Crippen LogP contribution in [0.3, 0.4) is 0 Å². The molecule has 2 heterocycles. The summed E-state index contributed by atoms with van der Waals surface area (Å²) in [6, 6.07) is 0. The molecule has 2 aliphatic rings. The number of carbonyl (C=O) groups is 2. The van der Waals surface area contributed by atoms with E-state index in [-0.39, 0.29) is 12.4 Å². The van der Waals surface area contributed by atoms with Gasteiger partial charge in [0, 0.05) is 18.8 Å². The molecule has 4 unspecified atom stereocenters. The van der Waals surface area contributed by atoms with E-state index in [1.54, 1.807) is 0 Å². The number of carboxylic acids is 1. The Morgan fingerprint density at radius 1 is 0.763 bits per heavy atom. The Morgan fingerprint density at radius 3 is 1.95 bits per heavy atom. The fourth-order valence-electron chi connectivity index (χ4n) is 5.63. The number of hydrogen-bond donors (Lipinski definition) is 1. The SMILES string of the molecule is CCCCCCCCCCCCOC(=O)CCCCCCCC(C1CO1)C1OC1CCCCCCC(=O)O. The van der Waals surface area contributed by atoms with Gasteiger partial charge in [0.25, 0.3) is 0 Å². The van der Waals surface area contributed by atoms with Gasteiger partial charge in [0.05, 0.1) is 31.5 Å². The topological polar surface area (TPSA) is 88.7 Å². The summed E-state index contributed by atoms with van der Waals surface area (Å²) in [6.07, 6.45) is 26.8. The van der Waals surface area contributed by atoms with Gasteiger partial charge in [0.15, 0.2) is 0 Å². The van der Waals surface area contributed by atoms with Crippen LogP contribution in [0.5, 0.6) is 0 Å². The summed E-state index contributed by atoms with van der Waals surface area (Å²) >= 11 is 0. The van der Waals surface area contributed by atoms with E-state index in [1.165, 1.54) is 83.5 Å². The molecule has 0 aromatic heterocycles. The molecular weight excluding hydrogens is 480 g/mol. The zero-order chi connectivity index (χ0) is 27.3. The molecule has 38 heavy (non-hydrogen) atoms. The Hall–Kier alpha value is -1.14. The predicted molar refractivity (Wildman–Crippen MR) is 152 cm³/mol. The van der Waals surface area contributed by atoms with E-state index in [4.69, 9.17) is 19.3 Å². The molecule has 0 aromatic rings. The summed E-state index contributed by atoms with van der Waals surface area (Å²) in [5.74, 6) is -0.182. The fraction of sp³-hybridized carbons (Fsp3) is 0.938. The first-order valence-electron chi connectivity index (χ1n) is 16.3. The lowest BCUT2D eigenvalue weighted by Gasteiger charge is -2.12. The van der Waals surface area contributed by atoms with Gasteiger partial charge in [0.1, 0.15) is 0 Å². The minimum absolute atomic E-state index is 0.0225. The maximum absolute atomic E-state index is 12.0. The molecule has 6 nitrogen and oxygen atoms in total. The molecule has 2 rings (SSSR count). The van der Waals surface area contributed by atoms with Crippen LogP contribution in [0.2, 0.25) is 0 Å². The first-order valence-corrected chi connectivity index (χ1v) is 16.3. The van der Waals surface area contributed by atoms with Gasteiger partial charge in [0.2, 0.25) is 0 Å². The molecule has 0 saturated carbocycles. The average Bonchev–Trinajstić information content (AvgIpc) is 3.83. The first kappa shape index (κ1) is 33.1. The molecular formula is C32H58O6. The number of esters is 1. The van der Waals surface area contributed by atoms with Crippen molar-refractivity contribution in [2.45, 2.75) is 173 Å². The van der Waals surface area contributed by atoms with Crippen molar-refractivity contribution in [2.24, 2.45) is 5.92 Å². The number of hydrogen-bond acceptors (Lipinski definition) is 5. The number of aliphatic carboxylic acids is 1. The summed E-state index contributed by atoms with van der Waals surface area (Å²) in [5, 5.41) is 8.71. The molecule has 0 aromatic carbocycles. The lowest BCUT2D eigenvalue weighted by molar-refractivity contribution is -0.144. The van der Waals surface area contributed by atoms with Crippen molar-refractivity contribution in [1.82, 2.24) is 0 Å². The molecule has 0 aliphatic carbocycles. The minimum Gasteiger partial charge on any atom is -0.481 e. The van der Waals surface area contributed by atoms with Crippen molar-refractivity contribution in [3.05, 3.63) is 0 Å². The van der Waals surface area contributed by atoms with E-state index in [9.17, 15) is 9.59 Å². The molecule has 2 saturated heterocycles. The van der Waals surface area contributed by atoms with Crippen molar-refractivity contribution in [3.8, 4) is 0 Å². The Kier molecular flexibility index (Phi) is 18.8. The highest BCUT2D eigenvalue weighted by Crippen LogP contribution is 2.41. The zero-order valence-electron chi connectivity index (χ0n) is 24.5. The monoisotopic (exact) mass is 538 g/mol. The summed E-state index contributed by atoms with van der Waals surface area (Å²) in [7, 11) is 0. The Bertz CT molecular complexity index is 605. The quantitative estimate of drug-likeness (QED) is 0.0611. The second kappa shape index (κ2) is 21.7. The Balaban J connectivity index is 1.34. The molecule has 1 N–H and O–H groups in total. The van der Waals surface area contributed by atoms with E-state index < -0.39 is 5.97 Å². The van der Waals surface area contributed by atoms with E-state index in [0.29, 0.717) is 37.3 Å². The number of ether oxygens (including phenoxy) is 3. The maximum Gasteiger partial charge on any atom is 0.305 e. The van der Waals surface area contributed by atoms with Crippen LogP contribution < -0.4 is 0 Å². The van der Waals surface area contributed by atoms with Crippen LogP contribution >= 0.6 is 0 Å². The van der Waals surface area contributed by atoms with Gasteiger partial charge in [-0.05, 0) is 32.1 Å². The maximum atomic E-state index is 12.0. The summed E-state index contributed by atoms with van der Waals surface area (Å²) < 4.78 is 17.0. The fourth-order valence-corrected chi connectivity index (χ4v) is 5.63. The minimum atomic E-state index is -0.694. The van der Waals surface area contributed by atoms with Crippen molar-refractivity contribution in [2.75, 3.05) is 13.2 Å². The van der Waals surface area contributed by atoms with Gasteiger partial charge in [-0.15, -0.1) is 0 Å². The van der Waals surface area contributed by atoms with Crippen LogP contribution in [0.4, 0.5) is 0 Å². The van der Waals surface area contributed by atoms with E-state index in [0.717, 1.165) is 58.0 Å². The molecule has 0 bridgehead atoms. The summed E-state index contributed by atoms with van der Waals surface area (Å²) in [5.41, 5.74) is 0. The Morgan fingerprint density at radius 2 is 1.32 bits per heavy atom. The van der Waals surface area contributed by atoms with Gasteiger partial charge < -0.3 is 19.3 Å². The second-order valence-corrected chi connectivity index (χ2v) is 11.7. The number of carbonyl (C=O) groups excluding carboxylic acids is 1. The van der Waals surface area contributed by atoms with Crippen molar-refractivity contribution >= 4 is 11.9 Å². The highest BCUT2D eigenvalue weighted by atomic mass is 16.6. The Labute approximate surface area is 232 Å². The van der Waals surface area contributed by atoms with Gasteiger partial charge in [-0.1, -0.05) is 110 Å². The smallest absolute Gasteiger partial charge is 0.305 e. The highest BCUT2D eigenvalue weighted by Gasteiger charge is 2.50. The van der Waals surface area contributed by atoms with Gasteiger partial charge in [-0.2, -0.15) is 0 Å². The van der Waals surface area contributed by atoms with Crippen LogP contribution in [0.25, 0.3) is 0 Å². The molecule has 0 spiro atoms. The third kappa shape index (κ3) is 17.4. The largest absolute Gasteiger partial charge is 0.481 e. The number of rotatable bonds is 28. The van der Waals surface area contributed by atoms with Crippen LogP contribution in [0.15, 0.2) is 0 Å². The summed E-state index contributed by atoms with van der Waals surface area (Å²) in [4.78, 5) is 22.5. The van der Waals surface area contributed by atoms with Crippen molar-refractivity contribution in [3.63, 3.8) is 0 Å². The summed E-state index contributed by atoms with van der Waals surface area (Å²) in [6.45, 7) is 3.74. The molecule has 0 amide bonds. The van der Waals surface area contributed by atoms with Crippen LogP contribution in [-0.2, 0) is 23.8 Å². The highest BCUT2D eigenvalue weighted by molar-refractivity contribution is 5.69. The number of epoxide rings is 2. The van der Waals surface area contributed by atoms with Gasteiger partial charge in [-0.25, -0.2) is 0 Å². The molecule has 2 fully saturated rings. The molecule has 222 valence electrons. The predicted octanol–water partition coefficient (Wildman–Crippen LogP) is 8.39. The van der Waals surface area contributed by atoms with Crippen LogP contribution in [-0.4, -0.2) is 48.6 Å². The molecule has 4 atom stereocenters. The first-order chi connectivity index (χ1) is 18.6. The number of carboxylic acid groups (broad SMARTS) is 1. The lowest BCUT2D eigenvalue weighted by atomic mass is 9.91. The van der Waals surface area contributed by atoms with E-state index >= 15 is 0 Å². The zero-order valence-corrected chi connectivity index (χ0v) is 24.5. The van der Waals surface area contributed by atoms with E-state index in [2.05, 4.69) is 6.92 Å². The second-order valence-electron chi connectivity index (χ2n) is 11.7. The molecule has 2 aliphatic heterocycles. The van der Waals surface area contributed by atoms with Crippen LogP contribution in [0.1, 0.15) is 155 Å². The van der Waals surface area contributed by atoms with Crippen LogP contribution in [0, 0.1) is 5.92 Å². The van der Waals surface area contributed by atoms with Crippen molar-refractivity contribution in [1.29, 1.82) is 0 Å². The third-order valence-corrected chi connectivity index (χ3v) is 8.19. The van der Waals surface area contributed by atoms with E-state index in [1.807, 2.05) is 0 Å².